The third-order valence-electron chi connectivity index (χ3n) is 4.07. The summed E-state index contributed by atoms with van der Waals surface area (Å²) in [4.78, 5) is 16.2. The maximum absolute atomic E-state index is 12.0. The number of oxazole rings is 1. The number of benzene rings is 1. The summed E-state index contributed by atoms with van der Waals surface area (Å²) in [6.45, 7) is 0.708. The van der Waals surface area contributed by atoms with E-state index in [2.05, 4.69) is 32.3 Å². The Labute approximate surface area is 160 Å². The van der Waals surface area contributed by atoms with E-state index < -0.39 is 0 Å². The lowest BCUT2D eigenvalue weighted by atomic mass is 9.97. The molecule has 3 rings (SSSR count). The molecule has 132 valence electrons. The SMILES string of the molecule is O=C(CSc1ncc(-c2cccc(Br)c2)o1)NCCC1=CCCCC1. The first-order valence-electron chi connectivity index (χ1n) is 8.50. The van der Waals surface area contributed by atoms with Crippen LogP contribution >= 0.6 is 27.7 Å². The molecule has 0 bridgehead atoms. The Kier molecular flexibility index (Phi) is 6.76. The zero-order valence-corrected chi connectivity index (χ0v) is 16.4. The number of thioether (sulfide) groups is 1. The highest BCUT2D eigenvalue weighted by Crippen LogP contribution is 2.27. The average molecular weight is 421 g/mol. The van der Waals surface area contributed by atoms with Crippen LogP contribution in [-0.4, -0.2) is 23.2 Å². The number of rotatable bonds is 7. The Hall–Kier alpha value is -1.53. The number of halogens is 1. The van der Waals surface area contributed by atoms with E-state index in [0.29, 0.717) is 23.3 Å². The van der Waals surface area contributed by atoms with Gasteiger partial charge in [-0.15, -0.1) is 0 Å². The van der Waals surface area contributed by atoms with Gasteiger partial charge in [0.2, 0.25) is 5.91 Å². The smallest absolute Gasteiger partial charge is 0.256 e. The Morgan fingerprint density at radius 1 is 1.36 bits per heavy atom. The molecule has 0 fully saturated rings. The van der Waals surface area contributed by atoms with E-state index in [1.807, 2.05) is 24.3 Å². The molecule has 4 nitrogen and oxygen atoms in total. The lowest BCUT2D eigenvalue weighted by Crippen LogP contribution is -2.26. The molecule has 1 amide bonds. The third-order valence-corrected chi connectivity index (χ3v) is 5.41. The lowest BCUT2D eigenvalue weighted by molar-refractivity contribution is -0.118. The van der Waals surface area contributed by atoms with Crippen molar-refractivity contribution in [1.29, 1.82) is 0 Å². The van der Waals surface area contributed by atoms with Gasteiger partial charge < -0.3 is 9.73 Å². The minimum Gasteiger partial charge on any atom is -0.431 e. The molecule has 0 aliphatic heterocycles. The number of carbonyl (C=O) groups is 1. The molecule has 0 saturated carbocycles. The van der Waals surface area contributed by atoms with Crippen molar-refractivity contribution in [2.45, 2.75) is 37.3 Å². The van der Waals surface area contributed by atoms with Crippen LogP contribution in [0.4, 0.5) is 0 Å². The fourth-order valence-corrected chi connectivity index (χ4v) is 3.80. The van der Waals surface area contributed by atoms with Crippen molar-refractivity contribution in [2.24, 2.45) is 0 Å². The second-order valence-electron chi connectivity index (χ2n) is 6.00. The molecule has 25 heavy (non-hydrogen) atoms. The van der Waals surface area contributed by atoms with E-state index >= 15 is 0 Å². The van der Waals surface area contributed by atoms with Crippen LogP contribution in [0.25, 0.3) is 11.3 Å². The summed E-state index contributed by atoms with van der Waals surface area (Å²) in [7, 11) is 0. The number of hydrogen-bond acceptors (Lipinski definition) is 4. The Morgan fingerprint density at radius 2 is 2.28 bits per heavy atom. The number of hydrogen-bond donors (Lipinski definition) is 1. The molecule has 2 aromatic rings. The number of allylic oxidation sites excluding steroid dienone is 1. The number of carbonyl (C=O) groups excluding carboxylic acids is 1. The maximum atomic E-state index is 12.0. The fraction of sp³-hybridized carbons (Fsp3) is 0.368. The first-order valence-corrected chi connectivity index (χ1v) is 10.3. The summed E-state index contributed by atoms with van der Waals surface area (Å²) in [5, 5.41) is 3.48. The average Bonchev–Trinajstić information content (AvgIpc) is 3.10. The molecule has 1 aliphatic carbocycles. The first-order chi connectivity index (χ1) is 12.2. The molecule has 1 aromatic carbocycles. The Bertz CT molecular complexity index is 757. The summed E-state index contributed by atoms with van der Waals surface area (Å²) >= 11 is 4.76. The van der Waals surface area contributed by atoms with Crippen LogP contribution in [0.5, 0.6) is 0 Å². The Morgan fingerprint density at radius 3 is 3.08 bits per heavy atom. The molecular weight excluding hydrogens is 400 g/mol. The fourth-order valence-electron chi connectivity index (χ4n) is 2.77. The van der Waals surface area contributed by atoms with Gasteiger partial charge in [0, 0.05) is 16.6 Å². The summed E-state index contributed by atoms with van der Waals surface area (Å²) in [5.41, 5.74) is 2.43. The van der Waals surface area contributed by atoms with Crippen molar-refractivity contribution in [3.05, 3.63) is 46.6 Å². The van der Waals surface area contributed by atoms with Gasteiger partial charge in [-0.05, 0) is 44.2 Å². The zero-order valence-electron chi connectivity index (χ0n) is 14.0. The van der Waals surface area contributed by atoms with Gasteiger partial charge in [-0.3, -0.25) is 4.79 Å². The van der Waals surface area contributed by atoms with Crippen LogP contribution in [-0.2, 0) is 4.79 Å². The normalized spacial score (nSPS) is 14.2. The maximum Gasteiger partial charge on any atom is 0.256 e. The van der Waals surface area contributed by atoms with Crippen molar-refractivity contribution < 1.29 is 9.21 Å². The second-order valence-corrected chi connectivity index (χ2v) is 7.84. The van der Waals surface area contributed by atoms with Crippen molar-refractivity contribution in [2.75, 3.05) is 12.3 Å². The third kappa shape index (κ3) is 5.75. The van der Waals surface area contributed by atoms with E-state index in [9.17, 15) is 4.79 Å². The topological polar surface area (TPSA) is 55.1 Å². The van der Waals surface area contributed by atoms with Crippen molar-refractivity contribution in [1.82, 2.24) is 10.3 Å². The summed E-state index contributed by atoms with van der Waals surface area (Å²) < 4.78 is 6.71. The van der Waals surface area contributed by atoms with Gasteiger partial charge in [0.15, 0.2) is 5.76 Å². The highest BCUT2D eigenvalue weighted by molar-refractivity contribution is 9.10. The Balaban J connectivity index is 1.42. The van der Waals surface area contributed by atoms with E-state index in [-0.39, 0.29) is 5.91 Å². The molecular formula is C19H21BrN2O2S. The van der Waals surface area contributed by atoms with Gasteiger partial charge in [0.25, 0.3) is 5.22 Å². The van der Waals surface area contributed by atoms with Gasteiger partial charge in [-0.1, -0.05) is 51.5 Å². The highest BCUT2D eigenvalue weighted by atomic mass is 79.9. The number of aromatic nitrogens is 1. The van der Waals surface area contributed by atoms with Gasteiger partial charge >= 0.3 is 0 Å². The summed E-state index contributed by atoms with van der Waals surface area (Å²) in [5.74, 6) is 1.04. The lowest BCUT2D eigenvalue weighted by Gasteiger charge is -2.12. The van der Waals surface area contributed by atoms with Crippen LogP contribution < -0.4 is 5.32 Å². The van der Waals surface area contributed by atoms with Crippen molar-refractivity contribution in [3.63, 3.8) is 0 Å². The highest BCUT2D eigenvalue weighted by Gasteiger charge is 2.10. The predicted octanol–water partition coefficient (Wildman–Crippen LogP) is 5.20. The van der Waals surface area contributed by atoms with Crippen LogP contribution in [0.1, 0.15) is 32.1 Å². The minimum absolute atomic E-state index is 0.0172. The van der Waals surface area contributed by atoms with Crippen LogP contribution in [0.3, 0.4) is 0 Å². The van der Waals surface area contributed by atoms with Crippen molar-refractivity contribution >= 4 is 33.6 Å². The molecule has 1 N–H and O–H groups in total. The molecule has 0 radical (unpaired) electrons. The minimum atomic E-state index is 0.0172. The molecule has 1 aliphatic rings. The second kappa shape index (κ2) is 9.25. The first kappa shape index (κ1) is 18.3. The molecule has 0 unspecified atom stereocenters. The molecule has 0 saturated heterocycles. The number of amides is 1. The van der Waals surface area contributed by atoms with Crippen LogP contribution in [0.15, 0.2) is 56.2 Å². The molecule has 0 spiro atoms. The molecule has 1 aromatic heterocycles. The quantitative estimate of drug-likeness (QED) is 0.493. The predicted molar refractivity (Wildman–Crippen MR) is 105 cm³/mol. The zero-order chi connectivity index (χ0) is 17.5. The molecule has 1 heterocycles. The monoisotopic (exact) mass is 420 g/mol. The standard InChI is InChI=1S/C19H21BrN2O2S/c20-16-8-4-7-15(11-16)17-12-22-19(24-17)25-13-18(23)21-10-9-14-5-2-1-3-6-14/h4-5,7-8,11-12H,1-3,6,9-10,13H2,(H,21,23). The number of nitrogens with one attached hydrogen (secondary N) is 1. The van der Waals surface area contributed by atoms with E-state index in [4.69, 9.17) is 4.42 Å². The van der Waals surface area contributed by atoms with Gasteiger partial charge in [-0.25, -0.2) is 4.98 Å². The van der Waals surface area contributed by atoms with Gasteiger partial charge in [-0.2, -0.15) is 0 Å². The van der Waals surface area contributed by atoms with Crippen LogP contribution in [0.2, 0.25) is 0 Å². The van der Waals surface area contributed by atoms with E-state index in [1.165, 1.54) is 43.0 Å². The molecule has 0 atom stereocenters. The number of nitrogens with zero attached hydrogens (tertiary/aromatic N) is 1. The summed E-state index contributed by atoms with van der Waals surface area (Å²) in [6, 6.07) is 7.85. The van der Waals surface area contributed by atoms with Gasteiger partial charge in [0.1, 0.15) is 0 Å². The van der Waals surface area contributed by atoms with Crippen molar-refractivity contribution in [3.8, 4) is 11.3 Å². The summed E-state index contributed by atoms with van der Waals surface area (Å²) in [6.07, 6.45) is 9.91. The van der Waals surface area contributed by atoms with E-state index in [1.54, 1.807) is 6.20 Å². The van der Waals surface area contributed by atoms with Crippen LogP contribution in [0, 0.1) is 0 Å². The molecule has 6 heteroatoms. The largest absolute Gasteiger partial charge is 0.431 e. The van der Waals surface area contributed by atoms with E-state index in [0.717, 1.165) is 16.5 Å². The van der Waals surface area contributed by atoms with Gasteiger partial charge in [0.05, 0.1) is 11.9 Å².